The van der Waals surface area contributed by atoms with Gasteiger partial charge in [0.2, 0.25) is 0 Å². The number of carbonyl (C=O) groups is 2. The highest BCUT2D eigenvalue weighted by Gasteiger charge is 2.33. The number of rotatable bonds is 8. The van der Waals surface area contributed by atoms with Gasteiger partial charge in [0.1, 0.15) is 18.3 Å². The molecule has 1 atom stereocenters. The summed E-state index contributed by atoms with van der Waals surface area (Å²) in [6.45, 7) is 3.17. The van der Waals surface area contributed by atoms with Crippen molar-refractivity contribution >= 4 is 22.8 Å². The molecule has 9 heteroatoms. The summed E-state index contributed by atoms with van der Waals surface area (Å²) >= 11 is 0. The molecular weight excluding hydrogens is 412 g/mol. The summed E-state index contributed by atoms with van der Waals surface area (Å²) in [5.74, 6) is -1.35. The number of hydrogen-bond donors (Lipinski definition) is 2. The van der Waals surface area contributed by atoms with E-state index in [-0.39, 0.29) is 6.54 Å². The Balaban J connectivity index is 1.60. The largest absolute Gasteiger partial charge is 0.497 e. The summed E-state index contributed by atoms with van der Waals surface area (Å²) in [6.07, 6.45) is 5.24. The van der Waals surface area contributed by atoms with Crippen LogP contribution in [-0.2, 0) is 22.7 Å². The number of nitrogens with zero attached hydrogens (tertiary/aromatic N) is 4. The number of fused-ring (bicyclic) bond motifs is 1. The van der Waals surface area contributed by atoms with E-state index in [1.54, 1.807) is 42.3 Å². The van der Waals surface area contributed by atoms with Crippen molar-refractivity contribution in [3.63, 3.8) is 0 Å². The quantitative estimate of drug-likeness (QED) is 0.550. The van der Waals surface area contributed by atoms with Crippen molar-refractivity contribution in [3.8, 4) is 5.75 Å². The fourth-order valence-corrected chi connectivity index (χ4v) is 4.34. The number of benzene rings is 1. The molecule has 0 amide bonds. The van der Waals surface area contributed by atoms with Gasteiger partial charge in [0.25, 0.3) is 0 Å². The topological polar surface area (TPSA) is 108 Å². The van der Waals surface area contributed by atoms with Crippen LogP contribution in [0, 0.1) is 0 Å². The van der Waals surface area contributed by atoms with Crippen molar-refractivity contribution in [2.45, 2.75) is 19.1 Å². The number of carboxylic acids is 2. The molecule has 1 aliphatic rings. The average Bonchev–Trinajstić information content (AvgIpc) is 3.12. The zero-order valence-corrected chi connectivity index (χ0v) is 17.8. The minimum Gasteiger partial charge on any atom is -0.497 e. The molecule has 1 saturated heterocycles. The number of aromatic nitrogens is 2. The fraction of sp³-hybridized carbons (Fsp3) is 0.348. The first kappa shape index (κ1) is 21.8. The molecule has 0 saturated carbocycles. The highest BCUT2D eigenvalue weighted by molar-refractivity contribution is 5.91. The van der Waals surface area contributed by atoms with Crippen LogP contribution < -0.4 is 4.74 Å². The summed E-state index contributed by atoms with van der Waals surface area (Å²) in [6, 6.07) is 8.36. The highest BCUT2D eigenvalue weighted by atomic mass is 16.5. The standard InChI is InChI=1S/C23H26N4O5/c1-32-17-4-5-20-18(11-17)19(14-27(20)15-21(28)29)22(23(30)31)26-9-7-25(8-10-26)13-16-3-2-6-24-12-16/h2-6,11-12,14,22H,7-10,13,15H2,1H3,(H,28,29)(H,30,31). The average molecular weight is 438 g/mol. The Morgan fingerprint density at radius 2 is 1.94 bits per heavy atom. The van der Waals surface area contributed by atoms with E-state index in [0.29, 0.717) is 35.3 Å². The third-order valence-corrected chi connectivity index (χ3v) is 5.85. The summed E-state index contributed by atoms with van der Waals surface area (Å²) < 4.78 is 6.91. The molecule has 9 nitrogen and oxygen atoms in total. The number of hydrogen-bond acceptors (Lipinski definition) is 6. The Morgan fingerprint density at radius 1 is 1.16 bits per heavy atom. The molecule has 1 fully saturated rings. The van der Waals surface area contributed by atoms with E-state index in [0.717, 1.165) is 25.2 Å². The van der Waals surface area contributed by atoms with Gasteiger partial charge in [-0.05, 0) is 29.8 Å². The lowest BCUT2D eigenvalue weighted by molar-refractivity contribution is -0.144. The smallest absolute Gasteiger partial charge is 0.325 e. The number of piperazine rings is 1. The van der Waals surface area contributed by atoms with Crippen LogP contribution in [0.5, 0.6) is 5.75 Å². The predicted octanol–water partition coefficient (Wildman–Crippen LogP) is 2.07. The second-order valence-corrected chi connectivity index (χ2v) is 7.90. The molecule has 3 aromatic rings. The van der Waals surface area contributed by atoms with Crippen LogP contribution in [0.25, 0.3) is 10.9 Å². The zero-order valence-electron chi connectivity index (χ0n) is 17.8. The van der Waals surface area contributed by atoms with Crippen molar-refractivity contribution in [1.82, 2.24) is 19.4 Å². The van der Waals surface area contributed by atoms with Crippen LogP contribution in [0.3, 0.4) is 0 Å². The van der Waals surface area contributed by atoms with Gasteiger partial charge in [0.15, 0.2) is 0 Å². The van der Waals surface area contributed by atoms with Gasteiger partial charge in [-0.3, -0.25) is 24.4 Å². The molecule has 1 aliphatic heterocycles. The lowest BCUT2D eigenvalue weighted by Gasteiger charge is -2.37. The fourth-order valence-electron chi connectivity index (χ4n) is 4.34. The molecule has 2 N–H and O–H groups in total. The number of aliphatic carboxylic acids is 2. The predicted molar refractivity (Wildman–Crippen MR) is 118 cm³/mol. The summed E-state index contributed by atoms with van der Waals surface area (Å²) in [5, 5.41) is 20.1. The maximum atomic E-state index is 12.4. The van der Waals surface area contributed by atoms with Gasteiger partial charge in [0.05, 0.1) is 7.11 Å². The van der Waals surface area contributed by atoms with E-state index in [2.05, 4.69) is 9.88 Å². The van der Waals surface area contributed by atoms with Crippen molar-refractivity contribution in [1.29, 1.82) is 0 Å². The van der Waals surface area contributed by atoms with E-state index >= 15 is 0 Å². The molecule has 0 aliphatic carbocycles. The third kappa shape index (κ3) is 4.58. The van der Waals surface area contributed by atoms with E-state index < -0.39 is 18.0 Å². The molecule has 168 valence electrons. The van der Waals surface area contributed by atoms with Crippen LogP contribution in [0.2, 0.25) is 0 Å². The molecule has 1 aromatic carbocycles. The van der Waals surface area contributed by atoms with Crippen LogP contribution >= 0.6 is 0 Å². The van der Waals surface area contributed by atoms with Crippen molar-refractivity contribution in [2.75, 3.05) is 33.3 Å². The second-order valence-electron chi connectivity index (χ2n) is 7.90. The van der Waals surface area contributed by atoms with Crippen LogP contribution in [0.4, 0.5) is 0 Å². The number of methoxy groups -OCH3 is 1. The first-order chi connectivity index (χ1) is 15.5. The Labute approximate surface area is 185 Å². The van der Waals surface area contributed by atoms with Gasteiger partial charge in [-0.25, -0.2) is 0 Å². The minimum absolute atomic E-state index is 0.242. The molecule has 0 radical (unpaired) electrons. The SMILES string of the molecule is COc1ccc2c(c1)c(C(C(=O)O)N1CCN(Cc3cccnc3)CC1)cn2CC(=O)O. The summed E-state index contributed by atoms with van der Waals surface area (Å²) in [4.78, 5) is 32.1. The minimum atomic E-state index is -0.986. The summed E-state index contributed by atoms with van der Waals surface area (Å²) in [7, 11) is 1.55. The second kappa shape index (κ2) is 9.37. The Hall–Kier alpha value is -3.43. The van der Waals surface area contributed by atoms with E-state index in [1.807, 2.05) is 23.2 Å². The molecule has 1 unspecified atom stereocenters. The Morgan fingerprint density at radius 3 is 2.56 bits per heavy atom. The summed E-state index contributed by atoms with van der Waals surface area (Å²) in [5.41, 5.74) is 2.37. The van der Waals surface area contributed by atoms with Gasteiger partial charge in [0, 0.05) is 67.8 Å². The molecular formula is C23H26N4O5. The molecule has 32 heavy (non-hydrogen) atoms. The van der Waals surface area contributed by atoms with Crippen molar-refractivity contribution in [2.24, 2.45) is 0 Å². The first-order valence-electron chi connectivity index (χ1n) is 10.4. The van der Waals surface area contributed by atoms with Gasteiger partial charge < -0.3 is 19.5 Å². The molecule has 0 spiro atoms. The lowest BCUT2D eigenvalue weighted by atomic mass is 10.0. The van der Waals surface area contributed by atoms with Gasteiger partial charge >= 0.3 is 11.9 Å². The van der Waals surface area contributed by atoms with Gasteiger partial charge in [-0.2, -0.15) is 0 Å². The lowest BCUT2D eigenvalue weighted by Crippen LogP contribution is -2.48. The Kier molecular flexibility index (Phi) is 6.38. The van der Waals surface area contributed by atoms with Crippen LogP contribution in [0.15, 0.2) is 48.9 Å². The number of pyridine rings is 1. The monoisotopic (exact) mass is 438 g/mol. The molecule has 3 heterocycles. The Bertz CT molecular complexity index is 1110. The van der Waals surface area contributed by atoms with E-state index in [9.17, 15) is 19.8 Å². The van der Waals surface area contributed by atoms with Crippen molar-refractivity contribution in [3.05, 3.63) is 60.0 Å². The molecule has 2 aromatic heterocycles. The van der Waals surface area contributed by atoms with Gasteiger partial charge in [-0.15, -0.1) is 0 Å². The van der Waals surface area contributed by atoms with Crippen LogP contribution in [-0.4, -0.2) is 74.8 Å². The molecule has 0 bridgehead atoms. The maximum absolute atomic E-state index is 12.4. The normalized spacial score (nSPS) is 16.2. The van der Waals surface area contributed by atoms with Crippen molar-refractivity contribution < 1.29 is 24.5 Å². The van der Waals surface area contributed by atoms with E-state index in [1.165, 1.54) is 0 Å². The van der Waals surface area contributed by atoms with E-state index in [4.69, 9.17) is 4.74 Å². The van der Waals surface area contributed by atoms with Gasteiger partial charge in [-0.1, -0.05) is 6.07 Å². The first-order valence-corrected chi connectivity index (χ1v) is 10.4. The third-order valence-electron chi connectivity index (χ3n) is 5.85. The highest BCUT2D eigenvalue weighted by Crippen LogP contribution is 2.33. The number of carboxylic acid groups (broad SMARTS) is 2. The molecule has 4 rings (SSSR count). The number of ether oxygens (including phenoxy) is 1. The maximum Gasteiger partial charge on any atom is 0.325 e. The van der Waals surface area contributed by atoms with Crippen LogP contribution in [0.1, 0.15) is 17.2 Å². The zero-order chi connectivity index (χ0) is 22.7.